The largest absolute Gasteiger partial charge is 0.375 e. The third-order valence-corrected chi connectivity index (χ3v) is 7.66. The van der Waals surface area contributed by atoms with Gasteiger partial charge in [0.05, 0.1) is 12.2 Å². The number of fused-ring (bicyclic) bond motifs is 9. The Morgan fingerprint density at radius 2 is 1.89 bits per heavy atom. The molecule has 0 amide bonds. The predicted octanol–water partition coefficient (Wildman–Crippen LogP) is 4.18. The highest BCUT2D eigenvalue weighted by Gasteiger charge is 2.67. The molecule has 19 heavy (non-hydrogen) atoms. The minimum absolute atomic E-state index is 0.615. The minimum atomic E-state index is 0.615. The SMILES string of the molecule is CC12C3C=CC(C3)C1C1CC2CC1OC1CCCC1. The molecule has 1 heteroatoms. The molecule has 0 N–H and O–H groups in total. The highest BCUT2D eigenvalue weighted by molar-refractivity contribution is 5.25. The summed E-state index contributed by atoms with van der Waals surface area (Å²) in [5.41, 5.74) is 0.652. The summed E-state index contributed by atoms with van der Waals surface area (Å²) in [6.45, 7) is 2.61. The van der Waals surface area contributed by atoms with E-state index in [1.54, 1.807) is 0 Å². The Bertz CT molecular complexity index is 421. The molecular formula is C18H26O. The summed E-state index contributed by atoms with van der Waals surface area (Å²) in [4.78, 5) is 0. The van der Waals surface area contributed by atoms with E-state index in [1.165, 1.54) is 44.9 Å². The lowest BCUT2D eigenvalue weighted by Crippen LogP contribution is -2.43. The first kappa shape index (κ1) is 11.4. The van der Waals surface area contributed by atoms with Crippen LogP contribution in [-0.2, 0) is 4.74 Å². The predicted molar refractivity (Wildman–Crippen MR) is 75.7 cm³/mol. The summed E-state index contributed by atoms with van der Waals surface area (Å²) in [6, 6.07) is 0. The van der Waals surface area contributed by atoms with Gasteiger partial charge in [-0.1, -0.05) is 31.9 Å². The summed E-state index contributed by atoms with van der Waals surface area (Å²) < 4.78 is 6.54. The zero-order chi connectivity index (χ0) is 12.6. The van der Waals surface area contributed by atoms with Crippen molar-refractivity contribution in [2.45, 2.75) is 64.1 Å². The first-order chi connectivity index (χ1) is 9.27. The van der Waals surface area contributed by atoms with Crippen LogP contribution >= 0.6 is 0 Å². The quantitative estimate of drug-likeness (QED) is 0.533. The van der Waals surface area contributed by atoms with Crippen LogP contribution in [0.25, 0.3) is 0 Å². The zero-order valence-electron chi connectivity index (χ0n) is 12.1. The Kier molecular flexibility index (Phi) is 2.19. The van der Waals surface area contributed by atoms with E-state index in [2.05, 4.69) is 19.1 Å². The topological polar surface area (TPSA) is 9.23 Å². The van der Waals surface area contributed by atoms with Crippen LogP contribution < -0.4 is 0 Å². The maximum Gasteiger partial charge on any atom is 0.0613 e. The number of hydrogen-bond acceptors (Lipinski definition) is 1. The van der Waals surface area contributed by atoms with Crippen LogP contribution in [0.5, 0.6) is 0 Å². The van der Waals surface area contributed by atoms with E-state index in [9.17, 15) is 0 Å². The lowest BCUT2D eigenvalue weighted by molar-refractivity contribution is -0.0781. The Morgan fingerprint density at radius 3 is 2.74 bits per heavy atom. The van der Waals surface area contributed by atoms with Gasteiger partial charge in [0.2, 0.25) is 0 Å². The second-order valence-electron chi connectivity index (χ2n) is 8.20. The standard InChI is InChI=1S/C18H26O/c1-18-12-7-6-11(8-12)17(18)15-9-13(18)10-16(15)19-14-4-2-3-5-14/h6-7,11-17H,2-5,8-10H2,1H3. The summed E-state index contributed by atoms with van der Waals surface area (Å²) in [6.07, 6.45) is 16.1. The van der Waals surface area contributed by atoms with Gasteiger partial charge in [0.1, 0.15) is 0 Å². The van der Waals surface area contributed by atoms with Crippen LogP contribution in [0.2, 0.25) is 0 Å². The summed E-state index contributed by atoms with van der Waals surface area (Å²) in [5, 5.41) is 0. The molecule has 0 aromatic rings. The molecule has 4 bridgehead atoms. The molecule has 7 atom stereocenters. The Balaban J connectivity index is 1.40. The first-order valence-corrected chi connectivity index (χ1v) is 8.60. The summed E-state index contributed by atoms with van der Waals surface area (Å²) in [5.74, 6) is 4.64. The minimum Gasteiger partial charge on any atom is -0.375 e. The van der Waals surface area contributed by atoms with Crippen molar-refractivity contribution in [3.05, 3.63) is 12.2 Å². The lowest BCUT2D eigenvalue weighted by Gasteiger charge is -2.45. The number of ether oxygens (including phenoxy) is 1. The van der Waals surface area contributed by atoms with Gasteiger partial charge in [0.15, 0.2) is 0 Å². The Morgan fingerprint density at radius 1 is 1.05 bits per heavy atom. The molecule has 0 aliphatic heterocycles. The van der Waals surface area contributed by atoms with Crippen molar-refractivity contribution >= 4 is 0 Å². The molecule has 0 spiro atoms. The second-order valence-corrected chi connectivity index (χ2v) is 8.20. The smallest absolute Gasteiger partial charge is 0.0613 e. The van der Waals surface area contributed by atoms with E-state index in [1.807, 2.05) is 0 Å². The van der Waals surface area contributed by atoms with E-state index in [-0.39, 0.29) is 0 Å². The lowest BCUT2D eigenvalue weighted by atomic mass is 9.61. The van der Waals surface area contributed by atoms with Gasteiger partial charge in [-0.15, -0.1) is 0 Å². The summed E-state index contributed by atoms with van der Waals surface area (Å²) in [7, 11) is 0. The molecule has 5 rings (SSSR count). The van der Waals surface area contributed by atoms with Gasteiger partial charge in [0.25, 0.3) is 0 Å². The van der Waals surface area contributed by atoms with Crippen molar-refractivity contribution in [1.29, 1.82) is 0 Å². The fourth-order valence-electron chi connectivity index (χ4n) is 6.86. The molecule has 5 aliphatic carbocycles. The van der Waals surface area contributed by atoms with Crippen molar-refractivity contribution in [3.63, 3.8) is 0 Å². The van der Waals surface area contributed by atoms with E-state index < -0.39 is 0 Å². The van der Waals surface area contributed by atoms with Crippen LogP contribution in [0, 0.1) is 35.0 Å². The van der Waals surface area contributed by atoms with E-state index >= 15 is 0 Å². The monoisotopic (exact) mass is 258 g/mol. The van der Waals surface area contributed by atoms with Crippen LogP contribution in [0.15, 0.2) is 12.2 Å². The third kappa shape index (κ3) is 1.31. The molecule has 104 valence electrons. The van der Waals surface area contributed by atoms with Gasteiger partial charge in [-0.25, -0.2) is 0 Å². The maximum atomic E-state index is 6.54. The first-order valence-electron chi connectivity index (χ1n) is 8.60. The normalized spacial score (nSPS) is 58.4. The van der Waals surface area contributed by atoms with Crippen LogP contribution in [0.3, 0.4) is 0 Å². The Hall–Kier alpha value is -0.300. The fourth-order valence-corrected chi connectivity index (χ4v) is 6.86. The van der Waals surface area contributed by atoms with Crippen LogP contribution in [-0.4, -0.2) is 12.2 Å². The van der Waals surface area contributed by atoms with E-state index in [4.69, 9.17) is 4.74 Å². The zero-order valence-corrected chi connectivity index (χ0v) is 12.1. The van der Waals surface area contributed by atoms with Crippen molar-refractivity contribution in [1.82, 2.24) is 0 Å². The molecule has 4 fully saturated rings. The van der Waals surface area contributed by atoms with Gasteiger partial charge >= 0.3 is 0 Å². The fraction of sp³-hybridized carbons (Fsp3) is 0.889. The molecule has 0 saturated heterocycles. The highest BCUT2D eigenvalue weighted by Crippen LogP contribution is 2.72. The molecule has 7 unspecified atom stereocenters. The highest BCUT2D eigenvalue weighted by atomic mass is 16.5. The average Bonchev–Trinajstić information content (AvgIpc) is 3.12. The maximum absolute atomic E-state index is 6.54. The van der Waals surface area contributed by atoms with Crippen molar-refractivity contribution in [2.75, 3.05) is 0 Å². The van der Waals surface area contributed by atoms with Crippen LogP contribution in [0.4, 0.5) is 0 Å². The second kappa shape index (κ2) is 3.67. The van der Waals surface area contributed by atoms with Crippen molar-refractivity contribution in [3.8, 4) is 0 Å². The van der Waals surface area contributed by atoms with Crippen molar-refractivity contribution in [2.24, 2.45) is 35.0 Å². The van der Waals surface area contributed by atoms with E-state index in [0.717, 1.165) is 29.6 Å². The van der Waals surface area contributed by atoms with Gasteiger partial charge < -0.3 is 4.74 Å². The molecular weight excluding hydrogens is 232 g/mol. The van der Waals surface area contributed by atoms with Gasteiger partial charge in [0, 0.05) is 0 Å². The number of hydrogen-bond donors (Lipinski definition) is 0. The molecule has 0 heterocycles. The van der Waals surface area contributed by atoms with Gasteiger partial charge in [-0.05, 0) is 67.1 Å². The molecule has 0 radical (unpaired) electrons. The summed E-state index contributed by atoms with van der Waals surface area (Å²) >= 11 is 0. The number of allylic oxidation sites excluding steroid dienone is 2. The van der Waals surface area contributed by atoms with Crippen molar-refractivity contribution < 1.29 is 4.74 Å². The molecule has 5 aliphatic rings. The van der Waals surface area contributed by atoms with E-state index in [0.29, 0.717) is 17.6 Å². The third-order valence-electron chi connectivity index (χ3n) is 7.66. The van der Waals surface area contributed by atoms with Gasteiger partial charge in [-0.2, -0.15) is 0 Å². The molecule has 0 aromatic carbocycles. The average molecular weight is 258 g/mol. The van der Waals surface area contributed by atoms with Gasteiger partial charge in [-0.3, -0.25) is 0 Å². The van der Waals surface area contributed by atoms with Crippen LogP contribution in [0.1, 0.15) is 51.9 Å². The molecule has 0 aromatic heterocycles. The molecule has 4 saturated carbocycles. The Labute approximate surface area is 116 Å². The number of rotatable bonds is 2. The molecule has 1 nitrogen and oxygen atoms in total.